The largest absolute Gasteiger partial charge is 0.541 e. The minimum atomic E-state index is -1.02. The Bertz CT molecular complexity index is 1440. The number of cyclic esters (lactones) is 1. The molecule has 0 spiro atoms. The van der Waals surface area contributed by atoms with Gasteiger partial charge in [0.25, 0.3) is 0 Å². The molecule has 198 valence electrons. The minimum Gasteiger partial charge on any atom is -0.541 e. The molecule has 39 heavy (non-hydrogen) atoms. The first-order valence-corrected chi connectivity index (χ1v) is 14.8. The molecule has 0 aromatic heterocycles. The maximum Gasteiger partial charge on any atom is 0.339 e. The number of carbonyl (C=O) groups excluding carboxylic acids is 1. The number of rotatable bonds is 9. The first-order chi connectivity index (χ1) is 19.0. The Morgan fingerprint density at radius 3 is 2.18 bits per heavy atom. The normalized spacial score (nSPS) is 16.3. The van der Waals surface area contributed by atoms with Gasteiger partial charge in [0.1, 0.15) is 5.75 Å². The quantitative estimate of drug-likeness (QED) is 0.171. The molecular weight excluding hydrogens is 500 g/mol. The van der Waals surface area contributed by atoms with E-state index in [9.17, 15) is 4.79 Å². The van der Waals surface area contributed by atoms with Crippen molar-refractivity contribution in [1.82, 2.24) is 0 Å². The zero-order valence-corrected chi connectivity index (χ0v) is 24.0. The summed E-state index contributed by atoms with van der Waals surface area (Å²) in [6, 6.07) is 32.6. The van der Waals surface area contributed by atoms with Crippen LogP contribution < -0.4 is 14.2 Å². The summed E-state index contributed by atoms with van der Waals surface area (Å²) in [5.41, 5.74) is 5.58. The summed E-state index contributed by atoms with van der Waals surface area (Å²) in [5, 5.41) is 0. The molecule has 0 bridgehead atoms. The standard InChI is InChI=1S/C33H34N2O3Si/c1-5-35(6-2)28-20-21-30(31(22-28)38-39-4)33(23-24-12-10-11-15-29(24)32(36)37-33)25-16-18-27(19-17-25)34(3)26-13-8-7-9-14-26/h7-22H,5-6,23H2,1-4H3. The highest BCUT2D eigenvalue weighted by Crippen LogP contribution is 2.46. The second-order valence-electron chi connectivity index (χ2n) is 9.65. The lowest BCUT2D eigenvalue weighted by molar-refractivity contribution is -0.00800. The van der Waals surface area contributed by atoms with Gasteiger partial charge in [0.15, 0.2) is 5.60 Å². The van der Waals surface area contributed by atoms with Crippen molar-refractivity contribution in [1.29, 1.82) is 0 Å². The zero-order chi connectivity index (χ0) is 27.4. The number of para-hydroxylation sites is 1. The van der Waals surface area contributed by atoms with Gasteiger partial charge in [0.05, 0.1) is 5.56 Å². The number of benzene rings is 4. The number of hydrogen-bond acceptors (Lipinski definition) is 5. The molecule has 1 unspecified atom stereocenters. The van der Waals surface area contributed by atoms with Crippen molar-refractivity contribution in [3.63, 3.8) is 0 Å². The molecule has 1 heterocycles. The van der Waals surface area contributed by atoms with Gasteiger partial charge in [0.2, 0.25) is 0 Å². The number of hydrogen-bond donors (Lipinski definition) is 0. The Hall–Kier alpha value is -4.03. The highest BCUT2D eigenvalue weighted by atomic mass is 28.2. The summed E-state index contributed by atoms with van der Waals surface area (Å²) in [4.78, 5) is 17.9. The average Bonchev–Trinajstić information content (AvgIpc) is 2.98. The lowest BCUT2D eigenvalue weighted by Gasteiger charge is -2.39. The van der Waals surface area contributed by atoms with Crippen LogP contribution in [0.2, 0.25) is 6.55 Å². The molecular formula is C33H34N2O3Si. The number of nitrogens with zero attached hydrogens (tertiary/aromatic N) is 2. The van der Waals surface area contributed by atoms with Crippen LogP contribution in [0.25, 0.3) is 0 Å². The van der Waals surface area contributed by atoms with Gasteiger partial charge in [-0.05, 0) is 68.4 Å². The van der Waals surface area contributed by atoms with Crippen LogP contribution in [-0.2, 0) is 16.8 Å². The van der Waals surface area contributed by atoms with Gasteiger partial charge in [-0.15, -0.1) is 0 Å². The molecule has 5 nitrogen and oxygen atoms in total. The number of esters is 1. The van der Waals surface area contributed by atoms with Gasteiger partial charge in [-0.1, -0.05) is 48.5 Å². The molecule has 0 saturated carbocycles. The summed E-state index contributed by atoms with van der Waals surface area (Å²) in [6.07, 6.45) is 0.524. The first-order valence-electron chi connectivity index (χ1n) is 13.4. The van der Waals surface area contributed by atoms with Crippen LogP contribution >= 0.6 is 0 Å². The fourth-order valence-corrected chi connectivity index (χ4v) is 5.83. The fourth-order valence-electron chi connectivity index (χ4n) is 5.44. The number of ether oxygens (including phenoxy) is 1. The number of carbonyl (C=O) groups is 1. The molecule has 2 radical (unpaired) electrons. The summed E-state index contributed by atoms with van der Waals surface area (Å²) in [7, 11) is 2.30. The molecule has 0 fully saturated rings. The summed E-state index contributed by atoms with van der Waals surface area (Å²) < 4.78 is 12.7. The molecule has 1 aliphatic heterocycles. The Balaban J connectivity index is 1.65. The van der Waals surface area contributed by atoms with Gasteiger partial charge in [-0.3, -0.25) is 0 Å². The molecule has 0 amide bonds. The van der Waals surface area contributed by atoms with Crippen LogP contribution in [0.3, 0.4) is 0 Å². The van der Waals surface area contributed by atoms with Crippen molar-refractivity contribution in [3.8, 4) is 5.75 Å². The molecule has 1 aliphatic rings. The molecule has 4 aromatic carbocycles. The fraction of sp³-hybridized carbons (Fsp3) is 0.242. The lowest BCUT2D eigenvalue weighted by atomic mass is 9.77. The van der Waals surface area contributed by atoms with Crippen molar-refractivity contribution >= 4 is 32.8 Å². The minimum absolute atomic E-state index is 0.251. The van der Waals surface area contributed by atoms with E-state index in [1.54, 1.807) is 0 Å². The molecule has 0 aliphatic carbocycles. The van der Waals surface area contributed by atoms with Crippen molar-refractivity contribution in [2.75, 3.05) is 29.9 Å². The predicted octanol–water partition coefficient (Wildman–Crippen LogP) is 7.00. The number of anilines is 3. The molecule has 0 N–H and O–H groups in total. The monoisotopic (exact) mass is 534 g/mol. The van der Waals surface area contributed by atoms with E-state index in [0.717, 1.165) is 52.6 Å². The highest BCUT2D eigenvalue weighted by Gasteiger charge is 2.45. The molecule has 6 heteroatoms. The highest BCUT2D eigenvalue weighted by molar-refractivity contribution is 6.26. The third kappa shape index (κ3) is 5.04. The van der Waals surface area contributed by atoms with Gasteiger partial charge >= 0.3 is 15.7 Å². The van der Waals surface area contributed by atoms with E-state index in [2.05, 4.69) is 85.3 Å². The van der Waals surface area contributed by atoms with Gasteiger partial charge in [-0.25, -0.2) is 4.79 Å². The van der Waals surface area contributed by atoms with Crippen LogP contribution in [-0.4, -0.2) is 35.9 Å². The van der Waals surface area contributed by atoms with E-state index in [1.807, 2.05) is 49.0 Å². The van der Waals surface area contributed by atoms with Crippen molar-refractivity contribution in [2.24, 2.45) is 0 Å². The van der Waals surface area contributed by atoms with Crippen molar-refractivity contribution < 1.29 is 14.0 Å². The first kappa shape index (κ1) is 26.6. The van der Waals surface area contributed by atoms with Gasteiger partial charge < -0.3 is 19.0 Å². The predicted molar refractivity (Wildman–Crippen MR) is 160 cm³/mol. The smallest absolute Gasteiger partial charge is 0.339 e. The topological polar surface area (TPSA) is 42.0 Å². The van der Waals surface area contributed by atoms with Crippen LogP contribution in [0.15, 0.2) is 97.1 Å². The van der Waals surface area contributed by atoms with Crippen LogP contribution in [0, 0.1) is 0 Å². The third-order valence-electron chi connectivity index (χ3n) is 7.55. The SMILES string of the molecule is CCN(CC)c1ccc(C2(c3ccc(N(C)c4ccccc4)cc3)Cc3ccccc3C(=O)O2)c(O[Si]C)c1. The van der Waals surface area contributed by atoms with Crippen molar-refractivity contribution in [2.45, 2.75) is 32.4 Å². The molecule has 0 saturated heterocycles. The van der Waals surface area contributed by atoms with E-state index < -0.39 is 5.60 Å². The van der Waals surface area contributed by atoms with Crippen LogP contribution in [0.4, 0.5) is 17.1 Å². The van der Waals surface area contributed by atoms with E-state index in [-0.39, 0.29) is 15.7 Å². The average molecular weight is 535 g/mol. The Morgan fingerprint density at radius 2 is 1.49 bits per heavy atom. The van der Waals surface area contributed by atoms with Gasteiger partial charge in [0, 0.05) is 60.8 Å². The van der Waals surface area contributed by atoms with Gasteiger partial charge in [-0.2, -0.15) is 0 Å². The van der Waals surface area contributed by atoms with E-state index >= 15 is 0 Å². The number of fused-ring (bicyclic) bond motifs is 1. The second kappa shape index (κ2) is 11.4. The summed E-state index contributed by atoms with van der Waals surface area (Å²) >= 11 is 0. The zero-order valence-electron chi connectivity index (χ0n) is 23.0. The van der Waals surface area contributed by atoms with E-state index in [4.69, 9.17) is 9.16 Å². The van der Waals surface area contributed by atoms with Crippen LogP contribution in [0.1, 0.15) is 40.9 Å². The third-order valence-corrected chi connectivity index (χ3v) is 7.97. The maximum atomic E-state index is 13.5. The van der Waals surface area contributed by atoms with Crippen LogP contribution in [0.5, 0.6) is 5.75 Å². The van der Waals surface area contributed by atoms with E-state index in [1.165, 1.54) is 0 Å². The molecule has 4 aromatic rings. The lowest BCUT2D eigenvalue weighted by Crippen LogP contribution is -2.41. The maximum absolute atomic E-state index is 13.5. The Morgan fingerprint density at radius 1 is 0.846 bits per heavy atom. The second-order valence-corrected chi connectivity index (χ2v) is 10.3. The summed E-state index contributed by atoms with van der Waals surface area (Å²) in [6.45, 7) is 8.10. The van der Waals surface area contributed by atoms with E-state index in [0.29, 0.717) is 12.0 Å². The molecule has 1 atom stereocenters. The molecule has 5 rings (SSSR count). The Labute approximate surface area is 233 Å². The van der Waals surface area contributed by atoms with Crippen molar-refractivity contribution in [3.05, 3.63) is 119 Å². The Kier molecular flexibility index (Phi) is 7.75. The summed E-state index contributed by atoms with van der Waals surface area (Å²) in [5.74, 6) is 0.429.